The molecule has 0 amide bonds. The van der Waals surface area contributed by atoms with Crippen molar-refractivity contribution in [1.82, 2.24) is 0 Å². The van der Waals surface area contributed by atoms with Crippen LogP contribution >= 0.6 is 0 Å². The molecule has 0 fully saturated rings. The molecular formula is C25H25FN2O. The fourth-order valence-electron chi connectivity index (χ4n) is 3.86. The summed E-state index contributed by atoms with van der Waals surface area (Å²) in [6.45, 7) is 9.68. The molecule has 1 aliphatic carbocycles. The minimum atomic E-state index is -0.241. The van der Waals surface area contributed by atoms with Gasteiger partial charge in [-0.15, -0.1) is 0 Å². The van der Waals surface area contributed by atoms with Crippen LogP contribution in [0.4, 0.5) is 10.1 Å². The summed E-state index contributed by atoms with van der Waals surface area (Å²) in [7, 11) is 0. The Morgan fingerprint density at radius 1 is 0.966 bits per heavy atom. The highest BCUT2D eigenvalue weighted by molar-refractivity contribution is 6.03. The third-order valence-electron chi connectivity index (χ3n) is 5.22. The van der Waals surface area contributed by atoms with E-state index in [0.717, 1.165) is 50.8 Å². The van der Waals surface area contributed by atoms with Crippen LogP contribution in [-0.2, 0) is 0 Å². The molecule has 0 saturated heterocycles. The molecule has 2 aromatic carbocycles. The van der Waals surface area contributed by atoms with Crippen LogP contribution in [0.25, 0.3) is 33.4 Å². The third kappa shape index (κ3) is 3.39. The van der Waals surface area contributed by atoms with Gasteiger partial charge in [0.15, 0.2) is 0 Å². The van der Waals surface area contributed by atoms with E-state index in [9.17, 15) is 4.39 Å². The first-order valence-electron chi connectivity index (χ1n) is 10.0. The van der Waals surface area contributed by atoms with Crippen LogP contribution in [0.2, 0.25) is 0 Å². The SMILES string of the molecule is CC/N=c1/cc2oc3cc(NCC)c(C)cc3c(-c3ccccc3F)c-2cc1C. The van der Waals surface area contributed by atoms with Crippen molar-refractivity contribution in [3.8, 4) is 22.5 Å². The molecule has 4 rings (SSSR count). The lowest BCUT2D eigenvalue weighted by molar-refractivity contribution is 0.617. The van der Waals surface area contributed by atoms with E-state index in [1.54, 1.807) is 6.07 Å². The predicted octanol–water partition coefficient (Wildman–Crippen LogP) is 6.31. The maximum Gasteiger partial charge on any atom is 0.137 e. The largest absolute Gasteiger partial charge is 0.456 e. The van der Waals surface area contributed by atoms with Crippen molar-refractivity contribution < 1.29 is 8.81 Å². The number of anilines is 1. The lowest BCUT2D eigenvalue weighted by Gasteiger charge is -2.18. The number of aryl methyl sites for hydroxylation is 2. The van der Waals surface area contributed by atoms with Crippen molar-refractivity contribution in [2.75, 3.05) is 18.4 Å². The third-order valence-corrected chi connectivity index (χ3v) is 5.22. The fourth-order valence-corrected chi connectivity index (χ4v) is 3.86. The Labute approximate surface area is 170 Å². The van der Waals surface area contributed by atoms with Crippen LogP contribution in [0.5, 0.6) is 0 Å². The van der Waals surface area contributed by atoms with Crippen molar-refractivity contribution in [2.45, 2.75) is 27.7 Å². The zero-order valence-electron chi connectivity index (χ0n) is 17.3. The van der Waals surface area contributed by atoms with Gasteiger partial charge in [0.2, 0.25) is 0 Å². The Bertz CT molecular complexity index is 1240. The van der Waals surface area contributed by atoms with E-state index in [0.29, 0.717) is 17.9 Å². The van der Waals surface area contributed by atoms with E-state index in [4.69, 9.17) is 4.42 Å². The van der Waals surface area contributed by atoms with Crippen molar-refractivity contribution >= 4 is 16.7 Å². The molecule has 0 radical (unpaired) electrons. The summed E-state index contributed by atoms with van der Waals surface area (Å²) in [4.78, 5) is 4.57. The Morgan fingerprint density at radius 3 is 2.48 bits per heavy atom. The monoisotopic (exact) mass is 388 g/mol. The average Bonchev–Trinajstić information content (AvgIpc) is 2.69. The molecule has 1 heterocycles. The Hall–Kier alpha value is -3.14. The van der Waals surface area contributed by atoms with Gasteiger partial charge in [0.05, 0.1) is 5.36 Å². The number of hydrogen-bond acceptors (Lipinski definition) is 3. The number of fused-ring (bicyclic) bond motifs is 2. The highest BCUT2D eigenvalue weighted by Crippen LogP contribution is 2.42. The Kier molecular flexibility index (Phi) is 5.10. The van der Waals surface area contributed by atoms with Gasteiger partial charge in [-0.2, -0.15) is 0 Å². The summed E-state index contributed by atoms with van der Waals surface area (Å²) in [5.74, 6) is 0.467. The molecule has 2 aromatic rings. The molecule has 2 aliphatic rings. The summed E-state index contributed by atoms with van der Waals surface area (Å²) in [5.41, 5.74) is 6.22. The van der Waals surface area contributed by atoms with E-state index in [-0.39, 0.29) is 5.82 Å². The van der Waals surface area contributed by atoms with Crippen LogP contribution in [-0.4, -0.2) is 13.1 Å². The van der Waals surface area contributed by atoms with Crippen LogP contribution in [0.1, 0.15) is 25.0 Å². The van der Waals surface area contributed by atoms with Gasteiger partial charge >= 0.3 is 0 Å². The second-order valence-corrected chi connectivity index (χ2v) is 7.26. The number of halogens is 1. The zero-order valence-corrected chi connectivity index (χ0v) is 17.3. The molecular weight excluding hydrogens is 363 g/mol. The second-order valence-electron chi connectivity index (χ2n) is 7.26. The van der Waals surface area contributed by atoms with Crippen molar-refractivity contribution in [3.05, 3.63) is 70.8 Å². The molecule has 0 bridgehead atoms. The van der Waals surface area contributed by atoms with Crippen LogP contribution in [0, 0.1) is 19.7 Å². The zero-order chi connectivity index (χ0) is 20.5. The first kappa shape index (κ1) is 19.2. The first-order chi connectivity index (χ1) is 14.0. The molecule has 29 heavy (non-hydrogen) atoms. The lowest BCUT2D eigenvalue weighted by atomic mass is 9.91. The molecule has 0 unspecified atom stereocenters. The molecule has 1 N–H and O–H groups in total. The van der Waals surface area contributed by atoms with Crippen LogP contribution in [0.3, 0.4) is 0 Å². The van der Waals surface area contributed by atoms with Crippen molar-refractivity contribution in [2.24, 2.45) is 4.99 Å². The summed E-state index contributed by atoms with van der Waals surface area (Å²) in [6.07, 6.45) is 0. The average molecular weight is 388 g/mol. The molecule has 3 nitrogen and oxygen atoms in total. The van der Waals surface area contributed by atoms with Gasteiger partial charge in [0, 0.05) is 53.0 Å². The van der Waals surface area contributed by atoms with E-state index < -0.39 is 0 Å². The van der Waals surface area contributed by atoms with Crippen LogP contribution < -0.4 is 10.7 Å². The van der Waals surface area contributed by atoms with Gasteiger partial charge in [-0.3, -0.25) is 4.99 Å². The van der Waals surface area contributed by atoms with Gasteiger partial charge in [0.1, 0.15) is 17.2 Å². The van der Waals surface area contributed by atoms with E-state index in [1.807, 2.05) is 38.1 Å². The fraction of sp³-hybridized carbons (Fsp3) is 0.240. The number of nitrogens with one attached hydrogen (secondary N) is 1. The van der Waals surface area contributed by atoms with Gasteiger partial charge in [-0.05, 0) is 57.0 Å². The van der Waals surface area contributed by atoms with E-state index >= 15 is 0 Å². The summed E-state index contributed by atoms with van der Waals surface area (Å²) >= 11 is 0. The Balaban J connectivity index is 2.18. The molecule has 0 aromatic heterocycles. The molecule has 148 valence electrons. The number of rotatable bonds is 4. The van der Waals surface area contributed by atoms with Gasteiger partial charge in [-0.1, -0.05) is 18.2 Å². The number of hydrogen-bond donors (Lipinski definition) is 1. The Morgan fingerprint density at radius 2 is 1.76 bits per heavy atom. The van der Waals surface area contributed by atoms with Gasteiger partial charge in [-0.25, -0.2) is 4.39 Å². The lowest BCUT2D eigenvalue weighted by Crippen LogP contribution is -2.09. The van der Waals surface area contributed by atoms with Gasteiger partial charge in [0.25, 0.3) is 0 Å². The number of benzene rings is 3. The van der Waals surface area contributed by atoms with E-state index in [2.05, 4.69) is 36.3 Å². The normalized spacial score (nSPS) is 12.1. The highest BCUT2D eigenvalue weighted by Gasteiger charge is 2.21. The maximum absolute atomic E-state index is 14.9. The molecule has 0 atom stereocenters. The minimum absolute atomic E-state index is 0.241. The maximum atomic E-state index is 14.9. The predicted molar refractivity (Wildman–Crippen MR) is 118 cm³/mol. The van der Waals surface area contributed by atoms with E-state index in [1.165, 1.54) is 6.07 Å². The molecule has 1 aliphatic heterocycles. The molecule has 0 spiro atoms. The number of nitrogens with zero attached hydrogens (tertiary/aromatic N) is 1. The standard InChI is InChI=1S/C25H25FN2O/c1-5-27-21-13-23-18(11-15(21)3)25(17-9-7-8-10-20(17)26)19-12-16(4)22(28-6-2)14-24(19)29-23/h7-14,27H,5-6H2,1-4H3/b28-22-. The quantitative estimate of drug-likeness (QED) is 0.416. The smallest absolute Gasteiger partial charge is 0.137 e. The second kappa shape index (κ2) is 7.70. The topological polar surface area (TPSA) is 37.5 Å². The summed E-state index contributed by atoms with van der Waals surface area (Å²) < 4.78 is 21.2. The summed E-state index contributed by atoms with van der Waals surface area (Å²) in [5, 5.41) is 5.18. The first-order valence-corrected chi connectivity index (χ1v) is 10.0. The van der Waals surface area contributed by atoms with Crippen molar-refractivity contribution in [3.63, 3.8) is 0 Å². The summed E-state index contributed by atoms with van der Waals surface area (Å²) in [6, 6.07) is 15.0. The van der Waals surface area contributed by atoms with Gasteiger partial charge < -0.3 is 9.73 Å². The molecule has 4 heteroatoms. The van der Waals surface area contributed by atoms with Crippen LogP contribution in [0.15, 0.2) is 57.9 Å². The molecule has 0 saturated carbocycles. The highest BCUT2D eigenvalue weighted by atomic mass is 19.1. The minimum Gasteiger partial charge on any atom is -0.456 e. The van der Waals surface area contributed by atoms with Crippen molar-refractivity contribution in [1.29, 1.82) is 0 Å².